The zero-order valence-electron chi connectivity index (χ0n) is 18.5. The van der Waals surface area contributed by atoms with Gasteiger partial charge >= 0.3 is 6.03 Å². The minimum atomic E-state index is -0.408. The standard InChI is InChI=1S/C23H18Cl2N8OS/c1-11(2)27-23(34)31-21-14(19-15(24)4-3-5-16(19)25)8-12-10-26-22(30-20(12)29-21)28-13-6-7-17-18(9-13)33-35-32-17/h3-11H,1-2H3,(H3,26,27,28,29,30,31,34). The molecule has 3 aromatic heterocycles. The SMILES string of the molecule is CC(C)NC(=O)Nc1nc2nc(Nc3ccc4nsnc4c3)ncc2cc1-c1c(Cl)cccc1Cl. The number of hydrogen-bond acceptors (Lipinski definition) is 8. The van der Waals surface area contributed by atoms with Crippen molar-refractivity contribution < 1.29 is 4.79 Å². The average Bonchev–Trinajstić information content (AvgIpc) is 3.26. The summed E-state index contributed by atoms with van der Waals surface area (Å²) >= 11 is 14.1. The summed E-state index contributed by atoms with van der Waals surface area (Å²) in [5, 5.41) is 10.3. The third-order valence-electron chi connectivity index (χ3n) is 4.96. The fourth-order valence-electron chi connectivity index (χ4n) is 3.46. The summed E-state index contributed by atoms with van der Waals surface area (Å²) in [4.78, 5) is 26.1. The fourth-order valence-corrected chi connectivity index (χ4v) is 4.58. The number of hydrogen-bond donors (Lipinski definition) is 3. The molecule has 0 aliphatic carbocycles. The molecule has 2 aromatic carbocycles. The van der Waals surface area contributed by atoms with Gasteiger partial charge < -0.3 is 10.6 Å². The minimum absolute atomic E-state index is 0.0637. The van der Waals surface area contributed by atoms with E-state index in [0.717, 1.165) is 28.4 Å². The Morgan fingerprint density at radius 2 is 1.77 bits per heavy atom. The maximum absolute atomic E-state index is 12.5. The number of fused-ring (bicyclic) bond motifs is 2. The van der Waals surface area contributed by atoms with Crippen LogP contribution >= 0.6 is 34.9 Å². The second-order valence-electron chi connectivity index (χ2n) is 7.93. The van der Waals surface area contributed by atoms with Gasteiger partial charge in [-0.05, 0) is 50.2 Å². The second kappa shape index (κ2) is 9.57. The summed E-state index contributed by atoms with van der Waals surface area (Å²) in [7, 11) is 0. The summed E-state index contributed by atoms with van der Waals surface area (Å²) in [6, 6.07) is 12.1. The number of carbonyl (C=O) groups excluding carboxylic acids is 1. The first-order valence-corrected chi connectivity index (χ1v) is 12.0. The molecule has 3 heterocycles. The zero-order valence-corrected chi connectivity index (χ0v) is 20.8. The molecule has 35 heavy (non-hydrogen) atoms. The number of nitrogens with one attached hydrogen (secondary N) is 3. The van der Waals surface area contributed by atoms with Crippen molar-refractivity contribution in [2.75, 3.05) is 10.6 Å². The van der Waals surface area contributed by atoms with Crippen LogP contribution in [0.2, 0.25) is 10.0 Å². The number of carbonyl (C=O) groups is 1. The quantitative estimate of drug-likeness (QED) is 0.247. The number of urea groups is 1. The van der Waals surface area contributed by atoms with Gasteiger partial charge in [0.25, 0.3) is 0 Å². The van der Waals surface area contributed by atoms with Crippen LogP contribution in [-0.4, -0.2) is 35.8 Å². The van der Waals surface area contributed by atoms with Gasteiger partial charge in [-0.15, -0.1) is 0 Å². The molecule has 176 valence electrons. The van der Waals surface area contributed by atoms with E-state index in [4.69, 9.17) is 23.2 Å². The molecule has 0 aliphatic heterocycles. The van der Waals surface area contributed by atoms with Gasteiger partial charge in [-0.25, -0.2) is 14.8 Å². The largest absolute Gasteiger partial charge is 0.336 e. The highest BCUT2D eigenvalue weighted by atomic mass is 35.5. The molecule has 0 bridgehead atoms. The minimum Gasteiger partial charge on any atom is -0.336 e. The van der Waals surface area contributed by atoms with E-state index in [1.807, 2.05) is 32.0 Å². The Kier molecular flexibility index (Phi) is 6.33. The first-order valence-electron chi connectivity index (χ1n) is 10.6. The van der Waals surface area contributed by atoms with Crippen LogP contribution in [0.4, 0.5) is 22.2 Å². The van der Waals surface area contributed by atoms with E-state index in [-0.39, 0.29) is 11.9 Å². The molecule has 0 unspecified atom stereocenters. The normalized spacial score (nSPS) is 11.2. The lowest BCUT2D eigenvalue weighted by molar-refractivity contribution is 0.250. The van der Waals surface area contributed by atoms with Crippen LogP contribution in [0.1, 0.15) is 13.8 Å². The molecule has 12 heteroatoms. The zero-order chi connectivity index (χ0) is 24.5. The number of benzene rings is 2. The molecule has 9 nitrogen and oxygen atoms in total. The van der Waals surface area contributed by atoms with Crippen LogP contribution in [0.5, 0.6) is 0 Å². The topological polar surface area (TPSA) is 118 Å². The number of amides is 2. The highest BCUT2D eigenvalue weighted by molar-refractivity contribution is 7.00. The number of aromatic nitrogens is 5. The summed E-state index contributed by atoms with van der Waals surface area (Å²) in [5.74, 6) is 0.610. The van der Waals surface area contributed by atoms with Gasteiger partial charge in [-0.1, -0.05) is 29.3 Å². The maximum Gasteiger partial charge on any atom is 0.320 e. The van der Waals surface area contributed by atoms with E-state index in [9.17, 15) is 4.79 Å². The van der Waals surface area contributed by atoms with Crippen molar-refractivity contribution in [1.29, 1.82) is 0 Å². The van der Waals surface area contributed by atoms with E-state index in [2.05, 4.69) is 39.6 Å². The summed E-state index contributed by atoms with van der Waals surface area (Å²) < 4.78 is 8.46. The number of anilines is 3. The van der Waals surface area contributed by atoms with Crippen molar-refractivity contribution >= 4 is 80.5 Å². The van der Waals surface area contributed by atoms with Crippen LogP contribution in [-0.2, 0) is 0 Å². The second-order valence-corrected chi connectivity index (χ2v) is 9.28. The predicted molar refractivity (Wildman–Crippen MR) is 141 cm³/mol. The van der Waals surface area contributed by atoms with Gasteiger partial charge in [0.05, 0.1) is 21.8 Å². The summed E-state index contributed by atoms with van der Waals surface area (Å²) in [6.45, 7) is 3.73. The van der Waals surface area contributed by atoms with Gasteiger partial charge in [-0.2, -0.15) is 13.7 Å². The molecule has 3 N–H and O–H groups in total. The number of nitrogens with zero attached hydrogens (tertiary/aromatic N) is 5. The first-order chi connectivity index (χ1) is 16.9. The molecular weight excluding hydrogens is 507 g/mol. The van der Waals surface area contributed by atoms with E-state index >= 15 is 0 Å². The first kappa shape index (κ1) is 23.2. The molecule has 0 saturated heterocycles. The third kappa shape index (κ3) is 4.95. The molecular formula is C23H18Cl2N8OS. The van der Waals surface area contributed by atoms with Crippen molar-refractivity contribution in [2.24, 2.45) is 0 Å². The Labute approximate surface area is 214 Å². The van der Waals surface area contributed by atoms with Gasteiger partial charge in [0.1, 0.15) is 16.9 Å². The van der Waals surface area contributed by atoms with Crippen molar-refractivity contribution in [3.05, 3.63) is 58.7 Å². The molecule has 5 rings (SSSR count). The molecule has 0 aliphatic rings. The summed E-state index contributed by atoms with van der Waals surface area (Å²) in [6.07, 6.45) is 1.65. The van der Waals surface area contributed by atoms with Gasteiger partial charge in [0, 0.05) is 34.4 Å². The number of pyridine rings is 1. The number of rotatable bonds is 5. The lowest BCUT2D eigenvalue weighted by atomic mass is 10.0. The molecule has 0 spiro atoms. The molecule has 0 fully saturated rings. The Hall–Kier alpha value is -3.60. The Bertz CT molecular complexity index is 1550. The predicted octanol–water partition coefficient (Wildman–Crippen LogP) is 6.28. The van der Waals surface area contributed by atoms with Crippen molar-refractivity contribution in [3.8, 4) is 11.1 Å². The van der Waals surface area contributed by atoms with Gasteiger partial charge in [-0.3, -0.25) is 5.32 Å². The molecule has 0 saturated carbocycles. The highest BCUT2D eigenvalue weighted by Crippen LogP contribution is 2.39. The van der Waals surface area contributed by atoms with E-state index in [0.29, 0.717) is 38.2 Å². The van der Waals surface area contributed by atoms with Crippen molar-refractivity contribution in [3.63, 3.8) is 0 Å². The molecule has 0 radical (unpaired) electrons. The van der Waals surface area contributed by atoms with E-state index in [1.54, 1.807) is 30.5 Å². The Balaban J connectivity index is 1.57. The van der Waals surface area contributed by atoms with E-state index in [1.165, 1.54) is 0 Å². The lowest BCUT2D eigenvalue weighted by Gasteiger charge is -2.16. The van der Waals surface area contributed by atoms with Gasteiger partial charge in [0.2, 0.25) is 5.95 Å². The Morgan fingerprint density at radius 1 is 1.00 bits per heavy atom. The van der Waals surface area contributed by atoms with Crippen LogP contribution in [0.25, 0.3) is 33.2 Å². The van der Waals surface area contributed by atoms with Crippen molar-refractivity contribution in [1.82, 2.24) is 29.0 Å². The summed E-state index contributed by atoms with van der Waals surface area (Å²) in [5.41, 5.74) is 3.85. The fraction of sp³-hybridized carbons (Fsp3) is 0.130. The molecule has 0 atom stereocenters. The van der Waals surface area contributed by atoms with Crippen LogP contribution in [0.3, 0.4) is 0 Å². The molecule has 2 amide bonds. The monoisotopic (exact) mass is 524 g/mol. The van der Waals surface area contributed by atoms with Crippen LogP contribution in [0, 0.1) is 0 Å². The number of halogens is 2. The van der Waals surface area contributed by atoms with Crippen molar-refractivity contribution in [2.45, 2.75) is 19.9 Å². The van der Waals surface area contributed by atoms with Crippen LogP contribution < -0.4 is 16.0 Å². The molecule has 5 aromatic rings. The Morgan fingerprint density at radius 3 is 2.54 bits per heavy atom. The third-order valence-corrected chi connectivity index (χ3v) is 6.15. The van der Waals surface area contributed by atoms with Crippen LogP contribution in [0.15, 0.2) is 48.7 Å². The van der Waals surface area contributed by atoms with E-state index < -0.39 is 6.03 Å². The smallest absolute Gasteiger partial charge is 0.320 e. The van der Waals surface area contributed by atoms with Gasteiger partial charge in [0.15, 0.2) is 5.65 Å². The highest BCUT2D eigenvalue weighted by Gasteiger charge is 2.18. The average molecular weight is 525 g/mol. The maximum atomic E-state index is 12.5. The lowest BCUT2D eigenvalue weighted by Crippen LogP contribution is -2.34.